The first-order chi connectivity index (χ1) is 9.60. The van der Waals surface area contributed by atoms with Crippen LogP contribution < -0.4 is 10.1 Å². The number of rotatable bonds is 3. The molecule has 0 saturated heterocycles. The molecule has 0 radical (unpaired) electrons. The molecular formula is C19H29NO. The van der Waals surface area contributed by atoms with E-state index < -0.39 is 0 Å². The molecule has 1 aromatic rings. The molecule has 0 bridgehead atoms. The van der Waals surface area contributed by atoms with Gasteiger partial charge < -0.3 is 10.1 Å². The van der Waals surface area contributed by atoms with Crippen molar-refractivity contribution < 1.29 is 4.74 Å². The molecule has 2 heteroatoms. The molecule has 0 amide bonds. The maximum absolute atomic E-state index is 6.00. The highest BCUT2D eigenvalue weighted by atomic mass is 16.5. The summed E-state index contributed by atoms with van der Waals surface area (Å²) in [5.41, 5.74) is 3.47. The molecule has 1 N–H and O–H groups in total. The first-order valence-corrected chi connectivity index (χ1v) is 8.09. The maximum Gasteiger partial charge on any atom is 0.123 e. The van der Waals surface area contributed by atoms with E-state index in [1.807, 2.05) is 0 Å². The number of nitrogens with one attached hydrogen (secondary N) is 1. The predicted molar refractivity (Wildman–Crippen MR) is 87.7 cm³/mol. The second kappa shape index (κ2) is 4.25. The van der Waals surface area contributed by atoms with Gasteiger partial charge in [0.25, 0.3) is 0 Å². The average molecular weight is 287 g/mol. The van der Waals surface area contributed by atoms with E-state index in [0.29, 0.717) is 22.8 Å². The molecule has 1 aliphatic carbocycles. The minimum Gasteiger partial charge on any atom is -0.487 e. The standard InChI is InChI=1S/C19H29NO/c1-17(2)11-13-10-12(8-9-14(13)21-17)15(20-7)16-18(3,4)19(16,5)6/h8-10,15-16,20H,11H2,1-7H3. The van der Waals surface area contributed by atoms with Gasteiger partial charge in [-0.05, 0) is 54.8 Å². The minimum absolute atomic E-state index is 0.0613. The fourth-order valence-electron chi connectivity index (χ4n) is 4.43. The number of ether oxygens (including phenoxy) is 1. The Morgan fingerprint density at radius 3 is 2.24 bits per heavy atom. The van der Waals surface area contributed by atoms with Gasteiger partial charge in [0.05, 0.1) is 0 Å². The SMILES string of the molecule is CNC(c1ccc2c(c1)CC(C)(C)O2)C1C(C)(C)C1(C)C. The van der Waals surface area contributed by atoms with Crippen LogP contribution in [0, 0.1) is 16.7 Å². The van der Waals surface area contributed by atoms with Crippen LogP contribution in [0.3, 0.4) is 0 Å². The molecule has 1 aliphatic heterocycles. The predicted octanol–water partition coefficient (Wildman–Crippen LogP) is 4.34. The molecule has 2 nitrogen and oxygen atoms in total. The van der Waals surface area contributed by atoms with E-state index in [2.05, 4.69) is 72.1 Å². The summed E-state index contributed by atoms with van der Waals surface area (Å²) >= 11 is 0. The van der Waals surface area contributed by atoms with E-state index in [1.54, 1.807) is 0 Å². The van der Waals surface area contributed by atoms with Gasteiger partial charge in [-0.3, -0.25) is 0 Å². The van der Waals surface area contributed by atoms with E-state index in [4.69, 9.17) is 4.74 Å². The van der Waals surface area contributed by atoms with Crippen molar-refractivity contribution in [1.82, 2.24) is 5.32 Å². The third-order valence-electron chi connectivity index (χ3n) is 6.22. The number of benzene rings is 1. The topological polar surface area (TPSA) is 21.3 Å². The van der Waals surface area contributed by atoms with Crippen LogP contribution in [0.4, 0.5) is 0 Å². The van der Waals surface area contributed by atoms with Crippen LogP contribution in [0.15, 0.2) is 18.2 Å². The Morgan fingerprint density at radius 1 is 1.10 bits per heavy atom. The van der Waals surface area contributed by atoms with E-state index in [-0.39, 0.29) is 5.60 Å². The molecule has 3 rings (SSSR count). The van der Waals surface area contributed by atoms with Crippen molar-refractivity contribution in [2.45, 2.75) is 59.6 Å². The Bertz CT molecular complexity index is 557. The first kappa shape index (κ1) is 14.9. The van der Waals surface area contributed by atoms with Gasteiger partial charge in [0.2, 0.25) is 0 Å². The van der Waals surface area contributed by atoms with Crippen molar-refractivity contribution in [2.24, 2.45) is 16.7 Å². The Hall–Kier alpha value is -1.02. The monoisotopic (exact) mass is 287 g/mol. The van der Waals surface area contributed by atoms with Gasteiger partial charge in [-0.2, -0.15) is 0 Å². The molecule has 116 valence electrons. The van der Waals surface area contributed by atoms with Crippen molar-refractivity contribution in [2.75, 3.05) is 7.05 Å². The van der Waals surface area contributed by atoms with E-state index >= 15 is 0 Å². The Morgan fingerprint density at radius 2 is 1.71 bits per heavy atom. The van der Waals surface area contributed by atoms with Crippen LogP contribution >= 0.6 is 0 Å². The third-order valence-corrected chi connectivity index (χ3v) is 6.22. The Balaban J connectivity index is 1.91. The van der Waals surface area contributed by atoms with Crippen LogP contribution in [0.1, 0.15) is 58.7 Å². The maximum atomic E-state index is 6.00. The number of fused-ring (bicyclic) bond motifs is 1. The van der Waals surface area contributed by atoms with Gasteiger partial charge in [0.15, 0.2) is 0 Å². The second-order valence-corrected chi connectivity index (χ2v) is 8.59. The lowest BCUT2D eigenvalue weighted by Crippen LogP contribution is -2.24. The molecule has 0 spiro atoms. The van der Waals surface area contributed by atoms with Crippen molar-refractivity contribution >= 4 is 0 Å². The van der Waals surface area contributed by atoms with Crippen molar-refractivity contribution in [3.63, 3.8) is 0 Å². The van der Waals surface area contributed by atoms with E-state index in [1.165, 1.54) is 11.1 Å². The molecule has 2 aliphatic rings. The number of hydrogen-bond acceptors (Lipinski definition) is 2. The summed E-state index contributed by atoms with van der Waals surface area (Å²) in [5.74, 6) is 1.73. The molecular weight excluding hydrogens is 258 g/mol. The van der Waals surface area contributed by atoms with Gasteiger partial charge >= 0.3 is 0 Å². The zero-order chi connectivity index (χ0) is 15.6. The third kappa shape index (κ3) is 2.11. The molecule has 1 aromatic carbocycles. The minimum atomic E-state index is -0.0613. The first-order valence-electron chi connectivity index (χ1n) is 8.09. The lowest BCUT2D eigenvalue weighted by molar-refractivity contribution is 0.138. The largest absolute Gasteiger partial charge is 0.487 e. The van der Waals surface area contributed by atoms with E-state index in [0.717, 1.165) is 12.2 Å². The van der Waals surface area contributed by atoms with Crippen LogP contribution in [0.25, 0.3) is 0 Å². The normalized spacial score (nSPS) is 26.0. The fourth-order valence-corrected chi connectivity index (χ4v) is 4.43. The lowest BCUT2D eigenvalue weighted by Gasteiger charge is -2.20. The van der Waals surface area contributed by atoms with Crippen LogP contribution in [0.2, 0.25) is 0 Å². The number of hydrogen-bond donors (Lipinski definition) is 1. The zero-order valence-electron chi connectivity index (χ0n) is 14.5. The highest BCUT2D eigenvalue weighted by Gasteiger charge is 2.67. The summed E-state index contributed by atoms with van der Waals surface area (Å²) in [6, 6.07) is 7.18. The Kier molecular flexibility index (Phi) is 3.02. The van der Waals surface area contributed by atoms with E-state index in [9.17, 15) is 0 Å². The lowest BCUT2D eigenvalue weighted by atomic mass is 9.93. The summed E-state index contributed by atoms with van der Waals surface area (Å²) in [7, 11) is 2.09. The summed E-state index contributed by atoms with van der Waals surface area (Å²) in [6.07, 6.45) is 1.00. The Labute approximate surface area is 129 Å². The smallest absolute Gasteiger partial charge is 0.123 e. The molecule has 21 heavy (non-hydrogen) atoms. The zero-order valence-corrected chi connectivity index (χ0v) is 14.5. The molecule has 1 unspecified atom stereocenters. The van der Waals surface area contributed by atoms with Crippen LogP contribution in [-0.2, 0) is 6.42 Å². The molecule has 1 saturated carbocycles. The molecule has 1 fully saturated rings. The molecule has 1 atom stereocenters. The molecule has 1 heterocycles. The molecule has 0 aromatic heterocycles. The van der Waals surface area contributed by atoms with Gasteiger partial charge in [-0.25, -0.2) is 0 Å². The fraction of sp³-hybridized carbons (Fsp3) is 0.684. The van der Waals surface area contributed by atoms with Crippen molar-refractivity contribution in [3.05, 3.63) is 29.3 Å². The van der Waals surface area contributed by atoms with Crippen molar-refractivity contribution in [1.29, 1.82) is 0 Å². The highest BCUT2D eigenvalue weighted by Crippen LogP contribution is 2.72. The van der Waals surface area contributed by atoms with Crippen molar-refractivity contribution in [3.8, 4) is 5.75 Å². The van der Waals surface area contributed by atoms with Gasteiger partial charge in [-0.1, -0.05) is 39.8 Å². The summed E-state index contributed by atoms with van der Waals surface area (Å²) < 4.78 is 6.00. The van der Waals surface area contributed by atoms with Gasteiger partial charge in [0.1, 0.15) is 11.4 Å². The quantitative estimate of drug-likeness (QED) is 0.892. The van der Waals surface area contributed by atoms with Crippen LogP contribution in [-0.4, -0.2) is 12.6 Å². The second-order valence-electron chi connectivity index (χ2n) is 8.59. The van der Waals surface area contributed by atoms with Gasteiger partial charge in [-0.15, -0.1) is 0 Å². The van der Waals surface area contributed by atoms with Gasteiger partial charge in [0, 0.05) is 12.5 Å². The average Bonchev–Trinajstić information content (AvgIpc) is 2.66. The summed E-state index contributed by atoms with van der Waals surface area (Å²) in [6.45, 7) is 13.9. The summed E-state index contributed by atoms with van der Waals surface area (Å²) in [5, 5.41) is 3.56. The van der Waals surface area contributed by atoms with Crippen LogP contribution in [0.5, 0.6) is 5.75 Å². The highest BCUT2D eigenvalue weighted by molar-refractivity contribution is 5.43. The summed E-state index contributed by atoms with van der Waals surface area (Å²) in [4.78, 5) is 0.